The molecule has 1 N–H and O–H groups in total. The van der Waals surface area contributed by atoms with Gasteiger partial charge in [-0.2, -0.15) is 0 Å². The number of piperidine rings is 1. The van der Waals surface area contributed by atoms with Gasteiger partial charge < -0.3 is 15.1 Å². The molecule has 2 heterocycles. The van der Waals surface area contributed by atoms with Crippen LogP contribution in [0.5, 0.6) is 0 Å². The molecule has 0 bridgehead atoms. The van der Waals surface area contributed by atoms with Crippen molar-refractivity contribution in [3.05, 3.63) is 54.6 Å². The summed E-state index contributed by atoms with van der Waals surface area (Å²) in [7, 11) is 0. The largest absolute Gasteiger partial charge is 0.372 e. The van der Waals surface area contributed by atoms with E-state index in [0.29, 0.717) is 6.54 Å². The fourth-order valence-corrected chi connectivity index (χ4v) is 4.01. The molecular formula is C23H27N3O2. The van der Waals surface area contributed by atoms with Gasteiger partial charge in [0.05, 0.1) is 5.92 Å². The molecule has 0 radical (unpaired) electrons. The zero-order chi connectivity index (χ0) is 19.5. The van der Waals surface area contributed by atoms with Crippen LogP contribution < -0.4 is 15.1 Å². The van der Waals surface area contributed by atoms with Crippen LogP contribution in [-0.2, 0) is 9.59 Å². The zero-order valence-electron chi connectivity index (χ0n) is 16.3. The maximum Gasteiger partial charge on any atom is 0.229 e. The molecule has 0 aromatic heterocycles. The predicted octanol–water partition coefficient (Wildman–Crippen LogP) is 3.91. The van der Waals surface area contributed by atoms with Crippen molar-refractivity contribution >= 4 is 28.9 Å². The summed E-state index contributed by atoms with van der Waals surface area (Å²) < 4.78 is 0. The maximum atomic E-state index is 12.5. The fraction of sp³-hybridized carbons (Fsp3) is 0.391. The summed E-state index contributed by atoms with van der Waals surface area (Å²) in [6.45, 7) is 4.91. The molecule has 0 spiro atoms. The van der Waals surface area contributed by atoms with Gasteiger partial charge in [-0.1, -0.05) is 25.1 Å². The number of nitrogens with zero attached hydrogens (tertiary/aromatic N) is 2. The first-order chi connectivity index (χ1) is 13.6. The van der Waals surface area contributed by atoms with E-state index in [0.717, 1.165) is 30.4 Å². The van der Waals surface area contributed by atoms with Crippen LogP contribution in [0.4, 0.5) is 17.1 Å². The Morgan fingerprint density at radius 3 is 2.29 bits per heavy atom. The van der Waals surface area contributed by atoms with Crippen LogP contribution in [-0.4, -0.2) is 31.4 Å². The Labute approximate surface area is 166 Å². The van der Waals surface area contributed by atoms with Gasteiger partial charge in [0.15, 0.2) is 0 Å². The fourth-order valence-electron chi connectivity index (χ4n) is 4.01. The number of hydrogen-bond donors (Lipinski definition) is 1. The summed E-state index contributed by atoms with van der Waals surface area (Å²) in [4.78, 5) is 29.2. The second-order valence-electron chi connectivity index (χ2n) is 7.95. The summed E-state index contributed by atoms with van der Waals surface area (Å²) in [6, 6.07) is 17.6. The number of hydrogen-bond acceptors (Lipinski definition) is 3. The molecule has 2 amide bonds. The average Bonchev–Trinajstić information content (AvgIpc) is 3.11. The highest BCUT2D eigenvalue weighted by Gasteiger charge is 2.35. The van der Waals surface area contributed by atoms with Crippen LogP contribution in [0, 0.1) is 11.8 Å². The SMILES string of the molecule is CC1CCN(c2ccc(N3CC(C(=O)Nc4ccccc4)CC3=O)cc2)CC1. The molecule has 1 unspecified atom stereocenters. The molecule has 2 aromatic rings. The molecule has 28 heavy (non-hydrogen) atoms. The van der Waals surface area contributed by atoms with Crippen molar-refractivity contribution in [2.24, 2.45) is 11.8 Å². The third kappa shape index (κ3) is 4.03. The molecule has 146 valence electrons. The van der Waals surface area contributed by atoms with Gasteiger partial charge in [-0.3, -0.25) is 9.59 Å². The van der Waals surface area contributed by atoms with Crippen molar-refractivity contribution < 1.29 is 9.59 Å². The molecule has 0 aliphatic carbocycles. The Kier molecular flexibility index (Phi) is 5.33. The normalized spacial score (nSPS) is 20.5. The van der Waals surface area contributed by atoms with Gasteiger partial charge in [0, 0.05) is 43.1 Å². The van der Waals surface area contributed by atoms with Crippen LogP contribution in [0.15, 0.2) is 54.6 Å². The van der Waals surface area contributed by atoms with Gasteiger partial charge >= 0.3 is 0 Å². The van der Waals surface area contributed by atoms with Crippen molar-refractivity contribution in [2.75, 3.05) is 34.8 Å². The van der Waals surface area contributed by atoms with Gasteiger partial charge in [0.2, 0.25) is 11.8 Å². The summed E-state index contributed by atoms with van der Waals surface area (Å²) in [6.07, 6.45) is 2.71. The lowest BCUT2D eigenvalue weighted by molar-refractivity contribution is -0.122. The molecule has 2 saturated heterocycles. The van der Waals surface area contributed by atoms with Gasteiger partial charge in [-0.05, 0) is 55.2 Å². The molecule has 2 aliphatic heterocycles. The van der Waals surface area contributed by atoms with E-state index in [-0.39, 0.29) is 24.2 Å². The van der Waals surface area contributed by atoms with Crippen molar-refractivity contribution in [1.82, 2.24) is 0 Å². The third-order valence-electron chi connectivity index (χ3n) is 5.85. The summed E-state index contributed by atoms with van der Waals surface area (Å²) in [5, 5.41) is 2.91. The van der Waals surface area contributed by atoms with Crippen LogP contribution in [0.2, 0.25) is 0 Å². The molecule has 2 aromatic carbocycles. The van der Waals surface area contributed by atoms with Crippen molar-refractivity contribution in [1.29, 1.82) is 0 Å². The number of carbonyl (C=O) groups excluding carboxylic acids is 2. The summed E-state index contributed by atoms with van der Waals surface area (Å²) in [5.41, 5.74) is 2.84. The minimum Gasteiger partial charge on any atom is -0.372 e. The first-order valence-corrected chi connectivity index (χ1v) is 10.1. The highest BCUT2D eigenvalue weighted by Crippen LogP contribution is 2.29. The Balaban J connectivity index is 1.39. The quantitative estimate of drug-likeness (QED) is 0.879. The second kappa shape index (κ2) is 8.05. The topological polar surface area (TPSA) is 52.6 Å². The lowest BCUT2D eigenvalue weighted by Gasteiger charge is -2.32. The van der Waals surface area contributed by atoms with Gasteiger partial charge in [-0.15, -0.1) is 0 Å². The molecule has 4 rings (SSSR count). The van der Waals surface area contributed by atoms with Gasteiger partial charge in [0.1, 0.15) is 0 Å². The van der Waals surface area contributed by atoms with Crippen molar-refractivity contribution in [3.8, 4) is 0 Å². The maximum absolute atomic E-state index is 12.5. The monoisotopic (exact) mass is 377 g/mol. The van der Waals surface area contributed by atoms with E-state index in [1.165, 1.54) is 18.5 Å². The Hall–Kier alpha value is -2.82. The number of rotatable bonds is 4. The minimum absolute atomic E-state index is 0.00718. The van der Waals surface area contributed by atoms with E-state index in [1.807, 2.05) is 42.5 Å². The third-order valence-corrected chi connectivity index (χ3v) is 5.85. The molecule has 5 nitrogen and oxygen atoms in total. The van der Waals surface area contributed by atoms with E-state index in [9.17, 15) is 9.59 Å². The van der Waals surface area contributed by atoms with Gasteiger partial charge in [0.25, 0.3) is 0 Å². The lowest BCUT2D eigenvalue weighted by Crippen LogP contribution is -2.32. The highest BCUT2D eigenvalue weighted by molar-refractivity contribution is 6.03. The Morgan fingerprint density at radius 1 is 0.964 bits per heavy atom. The molecule has 1 atom stereocenters. The Bertz CT molecular complexity index is 827. The molecule has 0 saturated carbocycles. The first kappa shape index (κ1) is 18.5. The number of benzene rings is 2. The van der Waals surface area contributed by atoms with Crippen LogP contribution in [0.25, 0.3) is 0 Å². The van der Waals surface area contributed by atoms with Crippen LogP contribution in [0.1, 0.15) is 26.2 Å². The second-order valence-corrected chi connectivity index (χ2v) is 7.95. The first-order valence-electron chi connectivity index (χ1n) is 10.1. The molecule has 5 heteroatoms. The molecule has 2 fully saturated rings. The van der Waals surface area contributed by atoms with Crippen LogP contribution in [0.3, 0.4) is 0 Å². The summed E-state index contributed by atoms with van der Waals surface area (Å²) >= 11 is 0. The molecular weight excluding hydrogens is 350 g/mol. The van der Waals surface area contributed by atoms with Crippen LogP contribution >= 0.6 is 0 Å². The van der Waals surface area contributed by atoms with Crippen molar-refractivity contribution in [3.63, 3.8) is 0 Å². The lowest BCUT2D eigenvalue weighted by atomic mass is 9.99. The molecule has 2 aliphatic rings. The van der Waals surface area contributed by atoms with E-state index in [1.54, 1.807) is 4.90 Å². The number of anilines is 3. The number of amides is 2. The number of nitrogens with one attached hydrogen (secondary N) is 1. The number of carbonyl (C=O) groups is 2. The van der Waals surface area contributed by atoms with Gasteiger partial charge in [-0.25, -0.2) is 0 Å². The smallest absolute Gasteiger partial charge is 0.229 e. The van der Waals surface area contributed by atoms with Crippen molar-refractivity contribution in [2.45, 2.75) is 26.2 Å². The Morgan fingerprint density at radius 2 is 1.61 bits per heavy atom. The van der Waals surface area contributed by atoms with E-state index in [2.05, 4.69) is 29.3 Å². The zero-order valence-corrected chi connectivity index (χ0v) is 16.3. The summed E-state index contributed by atoms with van der Waals surface area (Å²) in [5.74, 6) is 0.390. The minimum atomic E-state index is -0.323. The highest BCUT2D eigenvalue weighted by atomic mass is 16.2. The number of para-hydroxylation sites is 1. The average molecular weight is 377 g/mol. The standard InChI is InChI=1S/C23H27N3O2/c1-17-11-13-25(14-12-17)20-7-9-21(10-8-20)26-16-18(15-22(26)27)23(28)24-19-5-3-2-4-6-19/h2-10,17-18H,11-16H2,1H3,(H,24,28). The predicted molar refractivity (Wildman–Crippen MR) is 113 cm³/mol. The van der Waals surface area contributed by atoms with E-state index < -0.39 is 0 Å². The van der Waals surface area contributed by atoms with E-state index >= 15 is 0 Å². The van der Waals surface area contributed by atoms with E-state index in [4.69, 9.17) is 0 Å².